The molecular formula is C12H15NO2. The van der Waals surface area contributed by atoms with Gasteiger partial charge in [-0.3, -0.25) is 4.98 Å². The molecule has 0 saturated heterocycles. The first-order chi connectivity index (χ1) is 7.34. The van der Waals surface area contributed by atoms with Crippen LogP contribution >= 0.6 is 0 Å². The first kappa shape index (κ1) is 11.4. The van der Waals surface area contributed by atoms with E-state index in [-0.39, 0.29) is 5.97 Å². The summed E-state index contributed by atoms with van der Waals surface area (Å²) in [5.74, 6) is -0.312. The molecule has 0 aliphatic carbocycles. The Balaban J connectivity index is 2.28. The van der Waals surface area contributed by atoms with Crippen LogP contribution in [0.4, 0.5) is 0 Å². The topological polar surface area (TPSA) is 39.2 Å². The maximum absolute atomic E-state index is 11.4. The second kappa shape index (κ2) is 6.76. The number of rotatable bonds is 5. The summed E-state index contributed by atoms with van der Waals surface area (Å²) in [7, 11) is 0. The van der Waals surface area contributed by atoms with Crippen molar-refractivity contribution in [2.24, 2.45) is 0 Å². The van der Waals surface area contributed by atoms with Crippen LogP contribution in [0.25, 0.3) is 0 Å². The number of carbonyl (C=O) groups is 1. The largest absolute Gasteiger partial charge is 0.462 e. The minimum atomic E-state index is -0.312. The van der Waals surface area contributed by atoms with Crippen molar-refractivity contribution in [3.63, 3.8) is 0 Å². The van der Waals surface area contributed by atoms with Crippen molar-refractivity contribution >= 4 is 5.97 Å². The number of carbonyl (C=O) groups excluding carboxylic acids is 1. The van der Waals surface area contributed by atoms with Crippen molar-refractivity contribution in [3.05, 3.63) is 42.2 Å². The molecule has 3 nitrogen and oxygen atoms in total. The SMILES string of the molecule is CC/C=C/CCOC(=O)c1cccnc1. The summed E-state index contributed by atoms with van der Waals surface area (Å²) < 4.78 is 5.04. The predicted octanol–water partition coefficient (Wildman–Crippen LogP) is 2.59. The third kappa shape index (κ3) is 4.40. The van der Waals surface area contributed by atoms with Gasteiger partial charge in [0.05, 0.1) is 12.2 Å². The van der Waals surface area contributed by atoms with Gasteiger partial charge in [0.1, 0.15) is 0 Å². The van der Waals surface area contributed by atoms with E-state index >= 15 is 0 Å². The van der Waals surface area contributed by atoms with E-state index in [9.17, 15) is 4.79 Å². The molecule has 80 valence electrons. The normalized spacial score (nSPS) is 10.5. The van der Waals surface area contributed by atoms with Crippen LogP contribution < -0.4 is 0 Å². The molecule has 0 unspecified atom stereocenters. The summed E-state index contributed by atoms with van der Waals surface area (Å²) in [6, 6.07) is 3.41. The Labute approximate surface area is 89.8 Å². The van der Waals surface area contributed by atoms with Crippen molar-refractivity contribution < 1.29 is 9.53 Å². The molecule has 1 aromatic heterocycles. The maximum Gasteiger partial charge on any atom is 0.339 e. The van der Waals surface area contributed by atoms with E-state index in [0.29, 0.717) is 12.2 Å². The summed E-state index contributed by atoms with van der Waals surface area (Å²) in [6.45, 7) is 2.49. The third-order valence-corrected chi connectivity index (χ3v) is 1.82. The lowest BCUT2D eigenvalue weighted by atomic mass is 10.3. The second-order valence-electron chi connectivity index (χ2n) is 3.05. The molecule has 0 spiro atoms. The highest BCUT2D eigenvalue weighted by Crippen LogP contribution is 1.99. The number of pyridine rings is 1. The van der Waals surface area contributed by atoms with E-state index in [1.807, 2.05) is 6.08 Å². The van der Waals surface area contributed by atoms with Gasteiger partial charge in [-0.2, -0.15) is 0 Å². The molecule has 0 fully saturated rings. The quantitative estimate of drug-likeness (QED) is 0.421. The lowest BCUT2D eigenvalue weighted by Crippen LogP contribution is -2.05. The number of nitrogens with zero attached hydrogens (tertiary/aromatic N) is 1. The highest BCUT2D eigenvalue weighted by molar-refractivity contribution is 5.88. The summed E-state index contributed by atoms with van der Waals surface area (Å²) in [5, 5.41) is 0. The molecule has 3 heteroatoms. The summed E-state index contributed by atoms with van der Waals surface area (Å²) >= 11 is 0. The maximum atomic E-state index is 11.4. The zero-order chi connectivity index (χ0) is 10.9. The predicted molar refractivity (Wildman–Crippen MR) is 58.6 cm³/mol. The van der Waals surface area contributed by atoms with Crippen LogP contribution in [0.3, 0.4) is 0 Å². The van der Waals surface area contributed by atoms with Crippen molar-refractivity contribution in [3.8, 4) is 0 Å². The molecule has 0 amide bonds. The standard InChI is InChI=1S/C12H15NO2/c1-2-3-4-5-9-15-12(14)11-7-6-8-13-10-11/h3-4,6-8,10H,2,5,9H2,1H3/b4-3+. The van der Waals surface area contributed by atoms with E-state index in [2.05, 4.69) is 18.0 Å². The number of hydrogen-bond acceptors (Lipinski definition) is 3. The van der Waals surface area contributed by atoms with Gasteiger partial charge in [0.15, 0.2) is 0 Å². The van der Waals surface area contributed by atoms with Crippen molar-refractivity contribution in [2.45, 2.75) is 19.8 Å². The van der Waals surface area contributed by atoms with Crippen LogP contribution in [-0.2, 0) is 4.74 Å². The van der Waals surface area contributed by atoms with Gasteiger partial charge in [0, 0.05) is 12.4 Å². The Morgan fingerprint density at radius 1 is 1.53 bits per heavy atom. The molecule has 0 atom stereocenters. The minimum Gasteiger partial charge on any atom is -0.462 e. The number of hydrogen-bond donors (Lipinski definition) is 0. The molecule has 0 aliphatic rings. The van der Waals surface area contributed by atoms with E-state index in [0.717, 1.165) is 12.8 Å². The van der Waals surface area contributed by atoms with Crippen LogP contribution in [0.5, 0.6) is 0 Å². The fourth-order valence-corrected chi connectivity index (χ4v) is 1.07. The van der Waals surface area contributed by atoms with Gasteiger partial charge < -0.3 is 4.74 Å². The van der Waals surface area contributed by atoms with Crippen molar-refractivity contribution in [1.29, 1.82) is 0 Å². The molecule has 1 heterocycles. The van der Waals surface area contributed by atoms with Gasteiger partial charge in [0.25, 0.3) is 0 Å². The van der Waals surface area contributed by atoms with Crippen LogP contribution in [0.1, 0.15) is 30.1 Å². The second-order valence-corrected chi connectivity index (χ2v) is 3.05. The van der Waals surface area contributed by atoms with Gasteiger partial charge in [0.2, 0.25) is 0 Å². The number of esters is 1. The van der Waals surface area contributed by atoms with Gasteiger partial charge in [-0.1, -0.05) is 19.1 Å². The average Bonchev–Trinajstić information content (AvgIpc) is 2.30. The van der Waals surface area contributed by atoms with Crippen LogP contribution in [0, 0.1) is 0 Å². The molecule has 0 aromatic carbocycles. The third-order valence-electron chi connectivity index (χ3n) is 1.82. The van der Waals surface area contributed by atoms with Gasteiger partial charge in [-0.15, -0.1) is 0 Å². The fourth-order valence-electron chi connectivity index (χ4n) is 1.07. The molecule has 15 heavy (non-hydrogen) atoms. The number of aromatic nitrogens is 1. The molecule has 0 bridgehead atoms. The van der Waals surface area contributed by atoms with Gasteiger partial charge in [-0.05, 0) is 25.0 Å². The molecule has 0 saturated carbocycles. The summed E-state index contributed by atoms with van der Waals surface area (Å²) in [5.41, 5.74) is 0.497. The molecule has 0 N–H and O–H groups in total. The zero-order valence-electron chi connectivity index (χ0n) is 8.85. The van der Waals surface area contributed by atoms with Gasteiger partial charge >= 0.3 is 5.97 Å². The van der Waals surface area contributed by atoms with Crippen molar-refractivity contribution in [1.82, 2.24) is 4.98 Å². The number of allylic oxidation sites excluding steroid dienone is 1. The fraction of sp³-hybridized carbons (Fsp3) is 0.333. The van der Waals surface area contributed by atoms with E-state index in [1.54, 1.807) is 18.3 Å². The van der Waals surface area contributed by atoms with Crippen LogP contribution in [0.2, 0.25) is 0 Å². The van der Waals surface area contributed by atoms with Crippen molar-refractivity contribution in [2.75, 3.05) is 6.61 Å². The molecule has 1 aromatic rings. The Kier molecular flexibility index (Phi) is 5.15. The first-order valence-electron chi connectivity index (χ1n) is 5.06. The monoisotopic (exact) mass is 205 g/mol. The minimum absolute atomic E-state index is 0.312. The summed E-state index contributed by atoms with van der Waals surface area (Å²) in [6.07, 6.45) is 8.97. The molecule has 0 aliphatic heterocycles. The molecular weight excluding hydrogens is 190 g/mol. The molecule has 0 radical (unpaired) electrons. The highest BCUT2D eigenvalue weighted by Gasteiger charge is 2.04. The Morgan fingerprint density at radius 2 is 2.40 bits per heavy atom. The highest BCUT2D eigenvalue weighted by atomic mass is 16.5. The molecule has 1 rings (SSSR count). The Morgan fingerprint density at radius 3 is 3.07 bits per heavy atom. The average molecular weight is 205 g/mol. The van der Waals surface area contributed by atoms with E-state index < -0.39 is 0 Å². The van der Waals surface area contributed by atoms with E-state index in [4.69, 9.17) is 4.74 Å². The Hall–Kier alpha value is -1.64. The van der Waals surface area contributed by atoms with Crippen LogP contribution in [0.15, 0.2) is 36.7 Å². The van der Waals surface area contributed by atoms with Crippen LogP contribution in [-0.4, -0.2) is 17.6 Å². The number of ether oxygens (including phenoxy) is 1. The smallest absolute Gasteiger partial charge is 0.339 e. The lowest BCUT2D eigenvalue weighted by molar-refractivity contribution is 0.0511. The first-order valence-corrected chi connectivity index (χ1v) is 5.06. The Bertz CT molecular complexity index is 320. The zero-order valence-corrected chi connectivity index (χ0v) is 8.85. The van der Waals surface area contributed by atoms with Gasteiger partial charge in [-0.25, -0.2) is 4.79 Å². The summed E-state index contributed by atoms with van der Waals surface area (Å²) in [4.78, 5) is 15.2. The van der Waals surface area contributed by atoms with E-state index in [1.165, 1.54) is 6.20 Å². The lowest BCUT2D eigenvalue weighted by Gasteiger charge is -2.01.